The fourth-order valence-corrected chi connectivity index (χ4v) is 2.55. The largest absolute Gasteiger partial charge is 0.369 e. The number of hydrogen-bond acceptors (Lipinski definition) is 3. The van der Waals surface area contributed by atoms with Gasteiger partial charge in [0, 0.05) is 45.0 Å². The molecule has 114 valence electrons. The molecule has 0 aliphatic rings. The summed E-state index contributed by atoms with van der Waals surface area (Å²) in [5, 5.41) is 8.37. The van der Waals surface area contributed by atoms with Gasteiger partial charge in [0.2, 0.25) is 0 Å². The molecule has 21 heavy (non-hydrogen) atoms. The SMILES string of the molecule is CC(C)NCc1ccc(N(C)Cc2cnn(C)c2)c(Cl)c1. The van der Waals surface area contributed by atoms with Crippen LogP contribution in [-0.4, -0.2) is 22.9 Å². The van der Waals surface area contributed by atoms with Crippen molar-refractivity contribution in [1.82, 2.24) is 15.1 Å². The van der Waals surface area contributed by atoms with E-state index in [2.05, 4.69) is 41.3 Å². The highest BCUT2D eigenvalue weighted by atomic mass is 35.5. The highest BCUT2D eigenvalue weighted by molar-refractivity contribution is 6.33. The molecule has 0 amide bonds. The Morgan fingerprint density at radius 1 is 1.33 bits per heavy atom. The van der Waals surface area contributed by atoms with E-state index in [1.54, 1.807) is 0 Å². The van der Waals surface area contributed by atoms with Crippen LogP contribution >= 0.6 is 11.6 Å². The van der Waals surface area contributed by atoms with E-state index < -0.39 is 0 Å². The molecule has 0 radical (unpaired) electrons. The van der Waals surface area contributed by atoms with Gasteiger partial charge in [-0.05, 0) is 17.7 Å². The molecule has 4 nitrogen and oxygen atoms in total. The van der Waals surface area contributed by atoms with E-state index >= 15 is 0 Å². The first kappa shape index (κ1) is 15.9. The third kappa shape index (κ3) is 4.48. The predicted octanol–water partition coefficient (Wildman–Crippen LogP) is 3.21. The maximum atomic E-state index is 6.42. The van der Waals surface area contributed by atoms with E-state index in [9.17, 15) is 0 Å². The van der Waals surface area contributed by atoms with Crippen LogP contribution in [0.3, 0.4) is 0 Å². The number of rotatable bonds is 6. The quantitative estimate of drug-likeness (QED) is 0.889. The lowest BCUT2D eigenvalue weighted by molar-refractivity contribution is 0.589. The van der Waals surface area contributed by atoms with Gasteiger partial charge in [0.25, 0.3) is 0 Å². The lowest BCUT2D eigenvalue weighted by Gasteiger charge is -2.20. The Bertz CT molecular complexity index is 592. The van der Waals surface area contributed by atoms with Crippen molar-refractivity contribution in [3.8, 4) is 0 Å². The third-order valence-electron chi connectivity index (χ3n) is 3.32. The summed E-state index contributed by atoms with van der Waals surface area (Å²) in [6, 6.07) is 6.70. The highest BCUT2D eigenvalue weighted by Crippen LogP contribution is 2.27. The van der Waals surface area contributed by atoms with E-state index in [-0.39, 0.29) is 0 Å². The zero-order valence-electron chi connectivity index (χ0n) is 13.1. The standard InChI is InChI=1S/C16H23ClN4/c1-12(2)18-8-13-5-6-16(15(17)7-13)20(3)10-14-9-19-21(4)11-14/h5-7,9,11-12,18H,8,10H2,1-4H3. The minimum Gasteiger partial charge on any atom is -0.369 e. The Balaban J connectivity index is 2.05. The second kappa shape index (κ2) is 6.96. The van der Waals surface area contributed by atoms with E-state index in [0.717, 1.165) is 23.8 Å². The monoisotopic (exact) mass is 306 g/mol. The average Bonchev–Trinajstić information content (AvgIpc) is 2.81. The molecule has 0 saturated heterocycles. The van der Waals surface area contributed by atoms with Gasteiger partial charge in [-0.15, -0.1) is 0 Å². The molecule has 0 bridgehead atoms. The molecular weight excluding hydrogens is 284 g/mol. The van der Waals surface area contributed by atoms with Crippen LogP contribution in [0.1, 0.15) is 25.0 Å². The van der Waals surface area contributed by atoms with E-state index in [1.807, 2.05) is 37.2 Å². The topological polar surface area (TPSA) is 33.1 Å². The average molecular weight is 307 g/mol. The van der Waals surface area contributed by atoms with Crippen molar-refractivity contribution < 1.29 is 0 Å². The molecule has 1 aromatic carbocycles. The lowest BCUT2D eigenvalue weighted by atomic mass is 10.1. The predicted molar refractivity (Wildman–Crippen MR) is 88.7 cm³/mol. The van der Waals surface area contributed by atoms with Crippen molar-refractivity contribution >= 4 is 17.3 Å². The number of nitrogens with one attached hydrogen (secondary N) is 1. The van der Waals surface area contributed by atoms with Crippen LogP contribution in [0.15, 0.2) is 30.6 Å². The van der Waals surface area contributed by atoms with Crippen molar-refractivity contribution in [2.75, 3.05) is 11.9 Å². The number of aromatic nitrogens is 2. The molecule has 0 spiro atoms. The van der Waals surface area contributed by atoms with E-state index in [4.69, 9.17) is 11.6 Å². The van der Waals surface area contributed by atoms with Crippen LogP contribution in [0.4, 0.5) is 5.69 Å². The summed E-state index contributed by atoms with van der Waals surface area (Å²) in [5.74, 6) is 0. The number of halogens is 1. The second-order valence-electron chi connectivity index (χ2n) is 5.70. The summed E-state index contributed by atoms with van der Waals surface area (Å²) in [6.07, 6.45) is 3.90. The molecule has 1 aromatic heterocycles. The molecule has 2 rings (SSSR count). The molecular formula is C16H23ClN4. The molecule has 2 aromatic rings. The molecule has 1 N–H and O–H groups in total. The number of benzene rings is 1. The van der Waals surface area contributed by atoms with Crippen molar-refractivity contribution in [2.24, 2.45) is 7.05 Å². The fourth-order valence-electron chi connectivity index (χ4n) is 2.20. The highest BCUT2D eigenvalue weighted by Gasteiger charge is 2.09. The van der Waals surface area contributed by atoms with Gasteiger partial charge < -0.3 is 10.2 Å². The number of aryl methyl sites for hydroxylation is 1. The van der Waals surface area contributed by atoms with Crippen molar-refractivity contribution in [3.05, 3.63) is 46.7 Å². The maximum Gasteiger partial charge on any atom is 0.0642 e. The second-order valence-corrected chi connectivity index (χ2v) is 6.11. The first-order chi connectivity index (χ1) is 9.95. The van der Waals surface area contributed by atoms with Crippen LogP contribution < -0.4 is 10.2 Å². The first-order valence-electron chi connectivity index (χ1n) is 7.16. The smallest absolute Gasteiger partial charge is 0.0642 e. The number of hydrogen-bond donors (Lipinski definition) is 1. The first-order valence-corrected chi connectivity index (χ1v) is 7.54. The van der Waals surface area contributed by atoms with Crippen LogP contribution in [0, 0.1) is 0 Å². The lowest BCUT2D eigenvalue weighted by Crippen LogP contribution is -2.22. The molecule has 5 heteroatoms. The molecule has 0 atom stereocenters. The normalized spacial score (nSPS) is 11.1. The zero-order chi connectivity index (χ0) is 15.4. The minimum absolute atomic E-state index is 0.469. The van der Waals surface area contributed by atoms with Gasteiger partial charge in [-0.2, -0.15) is 5.10 Å². The van der Waals surface area contributed by atoms with Gasteiger partial charge in [0.15, 0.2) is 0 Å². The van der Waals surface area contributed by atoms with Crippen LogP contribution in [0.2, 0.25) is 5.02 Å². The maximum absolute atomic E-state index is 6.42. The molecule has 0 aliphatic heterocycles. The summed E-state index contributed by atoms with van der Waals surface area (Å²) in [6.45, 7) is 5.90. The Hall–Kier alpha value is -1.52. The van der Waals surface area contributed by atoms with Crippen LogP contribution in [0.5, 0.6) is 0 Å². The molecule has 0 saturated carbocycles. The molecule has 0 fully saturated rings. The van der Waals surface area contributed by atoms with E-state index in [1.165, 1.54) is 11.1 Å². The Morgan fingerprint density at radius 2 is 2.10 bits per heavy atom. The summed E-state index contributed by atoms with van der Waals surface area (Å²) >= 11 is 6.42. The van der Waals surface area contributed by atoms with Crippen LogP contribution in [0.25, 0.3) is 0 Å². The number of nitrogens with zero attached hydrogens (tertiary/aromatic N) is 3. The van der Waals surface area contributed by atoms with Gasteiger partial charge in [0.05, 0.1) is 16.9 Å². The van der Waals surface area contributed by atoms with Crippen molar-refractivity contribution in [1.29, 1.82) is 0 Å². The number of anilines is 1. The van der Waals surface area contributed by atoms with Crippen molar-refractivity contribution in [2.45, 2.75) is 33.0 Å². The Kier molecular flexibility index (Phi) is 5.26. The van der Waals surface area contributed by atoms with Crippen molar-refractivity contribution in [3.63, 3.8) is 0 Å². The fraction of sp³-hybridized carbons (Fsp3) is 0.438. The minimum atomic E-state index is 0.469. The van der Waals surface area contributed by atoms with Gasteiger partial charge in [0.1, 0.15) is 0 Å². The van der Waals surface area contributed by atoms with Crippen LogP contribution in [-0.2, 0) is 20.1 Å². The summed E-state index contributed by atoms with van der Waals surface area (Å²) < 4.78 is 1.81. The molecule has 1 heterocycles. The van der Waals surface area contributed by atoms with Gasteiger partial charge in [-0.25, -0.2) is 0 Å². The van der Waals surface area contributed by atoms with Gasteiger partial charge in [-0.1, -0.05) is 31.5 Å². The Labute approximate surface area is 131 Å². The third-order valence-corrected chi connectivity index (χ3v) is 3.62. The van der Waals surface area contributed by atoms with Gasteiger partial charge in [-0.3, -0.25) is 4.68 Å². The summed E-state index contributed by atoms with van der Waals surface area (Å²) in [7, 11) is 3.97. The van der Waals surface area contributed by atoms with E-state index in [0.29, 0.717) is 6.04 Å². The zero-order valence-corrected chi connectivity index (χ0v) is 13.9. The molecule has 0 aliphatic carbocycles. The molecule has 0 unspecified atom stereocenters. The summed E-state index contributed by atoms with van der Waals surface area (Å²) in [4.78, 5) is 2.14. The van der Waals surface area contributed by atoms with Gasteiger partial charge >= 0.3 is 0 Å². The Morgan fingerprint density at radius 3 is 2.67 bits per heavy atom. The summed E-state index contributed by atoms with van der Waals surface area (Å²) in [5.41, 5.74) is 3.41.